The minimum atomic E-state index is -1.83. The number of ether oxygens (including phenoxy) is 6. The summed E-state index contributed by atoms with van der Waals surface area (Å²) in [4.78, 5) is 13.4. The molecule has 9 heteroatoms. The monoisotopic (exact) mass is 538 g/mol. The van der Waals surface area contributed by atoms with Crippen LogP contribution >= 0.6 is 0 Å². The summed E-state index contributed by atoms with van der Waals surface area (Å²) in [6, 6.07) is 7.08. The van der Waals surface area contributed by atoms with E-state index < -0.39 is 41.3 Å². The van der Waals surface area contributed by atoms with E-state index in [1.165, 1.54) is 21.3 Å². The summed E-state index contributed by atoms with van der Waals surface area (Å²) in [6.45, 7) is 1.97. The van der Waals surface area contributed by atoms with Gasteiger partial charge in [0.05, 0.1) is 40.0 Å². The fourth-order valence-corrected chi connectivity index (χ4v) is 6.56. The van der Waals surface area contributed by atoms with Gasteiger partial charge in [0.2, 0.25) is 12.5 Å². The number of esters is 1. The van der Waals surface area contributed by atoms with Crippen LogP contribution in [0.1, 0.15) is 48.8 Å². The van der Waals surface area contributed by atoms with Crippen molar-refractivity contribution in [1.29, 1.82) is 0 Å². The molecule has 2 aromatic rings. The minimum absolute atomic E-state index is 0.0263. The van der Waals surface area contributed by atoms with Crippen molar-refractivity contribution in [2.45, 2.75) is 43.8 Å². The van der Waals surface area contributed by atoms with Gasteiger partial charge in [-0.25, -0.2) is 0 Å². The Hall–Kier alpha value is -3.61. The number of terminal acetylenes is 1. The molecule has 4 unspecified atom stereocenters. The highest BCUT2D eigenvalue weighted by Gasteiger charge is 2.62. The zero-order chi connectivity index (χ0) is 27.9. The molecular formula is C30H34O9. The summed E-state index contributed by atoms with van der Waals surface area (Å²) in [5.74, 6) is 1.86. The molecule has 0 amide bonds. The van der Waals surface area contributed by atoms with Gasteiger partial charge >= 0.3 is 5.97 Å². The van der Waals surface area contributed by atoms with E-state index >= 15 is 0 Å². The lowest BCUT2D eigenvalue weighted by Crippen LogP contribution is -2.56. The quantitative estimate of drug-likeness (QED) is 0.367. The zero-order valence-corrected chi connectivity index (χ0v) is 22.6. The zero-order valence-electron chi connectivity index (χ0n) is 22.6. The number of rotatable bonds is 9. The SMILES string of the molecule is C#CCC(CCC)[C@@H](O)C1(O)c2cc3c(cc2[C@@H](c2cc(OC)c(OC)c(OC)c2)C2C(=O)OCC21)OCO3. The van der Waals surface area contributed by atoms with Gasteiger partial charge in [0.15, 0.2) is 23.0 Å². The van der Waals surface area contributed by atoms with Gasteiger partial charge in [-0.1, -0.05) is 13.3 Å². The van der Waals surface area contributed by atoms with Crippen LogP contribution in [0, 0.1) is 30.1 Å². The van der Waals surface area contributed by atoms with E-state index in [9.17, 15) is 15.0 Å². The topological polar surface area (TPSA) is 113 Å². The van der Waals surface area contributed by atoms with Gasteiger partial charge in [-0.3, -0.25) is 4.79 Å². The van der Waals surface area contributed by atoms with Crippen LogP contribution in [0.2, 0.25) is 0 Å². The normalized spacial score (nSPS) is 26.1. The Morgan fingerprint density at radius 3 is 2.33 bits per heavy atom. The molecule has 0 bridgehead atoms. The number of aliphatic hydroxyl groups excluding tert-OH is 1. The summed E-state index contributed by atoms with van der Waals surface area (Å²) in [5, 5.41) is 24.4. The smallest absolute Gasteiger partial charge is 0.310 e. The Labute approximate surface area is 227 Å². The highest BCUT2D eigenvalue weighted by atomic mass is 16.7. The standard InChI is InChI=1S/C30H34O9/c1-6-8-16(9-7-2)28(31)30(33)19-13-22-21(38-15-39-22)12-18(19)25(26-20(30)14-37-29(26)32)17-10-23(34-3)27(36-5)24(11-17)35-4/h1,10-13,16,20,25-26,28,31,33H,7-9,14-15H2,2-5H3/t16?,20?,25-,26?,28-,30?/m1/s1. The van der Waals surface area contributed by atoms with Crippen molar-refractivity contribution in [3.05, 3.63) is 41.0 Å². The first kappa shape index (κ1) is 27.0. The minimum Gasteiger partial charge on any atom is -0.493 e. The number of hydrogen-bond acceptors (Lipinski definition) is 9. The van der Waals surface area contributed by atoms with E-state index in [2.05, 4.69) is 5.92 Å². The number of cyclic esters (lactones) is 1. The molecule has 3 aliphatic rings. The molecule has 1 aliphatic carbocycles. The number of methoxy groups -OCH3 is 3. The summed E-state index contributed by atoms with van der Waals surface area (Å²) >= 11 is 0. The molecule has 2 heterocycles. The predicted molar refractivity (Wildman–Crippen MR) is 140 cm³/mol. The van der Waals surface area contributed by atoms with Crippen molar-refractivity contribution in [1.82, 2.24) is 0 Å². The fraction of sp³-hybridized carbons (Fsp3) is 0.500. The molecule has 0 aromatic heterocycles. The Morgan fingerprint density at radius 1 is 1.08 bits per heavy atom. The van der Waals surface area contributed by atoms with Gasteiger partial charge in [-0.2, -0.15) is 0 Å². The lowest BCUT2D eigenvalue weighted by atomic mass is 9.57. The van der Waals surface area contributed by atoms with Crippen LogP contribution < -0.4 is 23.7 Å². The van der Waals surface area contributed by atoms with E-state index in [4.69, 9.17) is 34.8 Å². The predicted octanol–water partition coefficient (Wildman–Crippen LogP) is 3.36. The number of carbonyl (C=O) groups excluding carboxylic acids is 1. The van der Waals surface area contributed by atoms with Crippen molar-refractivity contribution >= 4 is 5.97 Å². The number of carbonyl (C=O) groups is 1. The van der Waals surface area contributed by atoms with Crippen LogP contribution in [-0.4, -0.2) is 57.0 Å². The van der Waals surface area contributed by atoms with Crippen molar-refractivity contribution < 1.29 is 43.4 Å². The second-order valence-corrected chi connectivity index (χ2v) is 10.2. The van der Waals surface area contributed by atoms with E-state index in [0.29, 0.717) is 51.9 Å². The largest absolute Gasteiger partial charge is 0.493 e. The molecule has 2 aliphatic heterocycles. The van der Waals surface area contributed by atoms with E-state index in [1.54, 1.807) is 24.3 Å². The van der Waals surface area contributed by atoms with Crippen LogP contribution in [0.3, 0.4) is 0 Å². The lowest BCUT2D eigenvalue weighted by Gasteiger charge is -2.48. The molecule has 2 N–H and O–H groups in total. The summed E-state index contributed by atoms with van der Waals surface area (Å²) < 4.78 is 33.7. The van der Waals surface area contributed by atoms with Gasteiger partial charge < -0.3 is 38.6 Å². The highest BCUT2D eigenvalue weighted by Crippen LogP contribution is 2.59. The van der Waals surface area contributed by atoms with Crippen LogP contribution in [-0.2, 0) is 15.1 Å². The highest BCUT2D eigenvalue weighted by molar-refractivity contribution is 5.79. The summed E-state index contributed by atoms with van der Waals surface area (Å²) in [5.41, 5.74) is -0.0633. The first-order valence-corrected chi connectivity index (χ1v) is 13.1. The van der Waals surface area contributed by atoms with Crippen molar-refractivity contribution in [3.63, 3.8) is 0 Å². The number of benzene rings is 2. The Bertz CT molecular complexity index is 1270. The number of aliphatic hydroxyl groups is 2. The fourth-order valence-electron chi connectivity index (χ4n) is 6.56. The van der Waals surface area contributed by atoms with Crippen molar-refractivity contribution in [3.8, 4) is 41.1 Å². The van der Waals surface area contributed by atoms with Crippen LogP contribution in [0.4, 0.5) is 0 Å². The second kappa shape index (κ2) is 10.5. The molecular weight excluding hydrogens is 504 g/mol. The molecule has 6 atom stereocenters. The average molecular weight is 539 g/mol. The molecule has 5 rings (SSSR count). The third kappa shape index (κ3) is 4.14. The van der Waals surface area contributed by atoms with Gasteiger partial charge in [0.25, 0.3) is 0 Å². The first-order valence-electron chi connectivity index (χ1n) is 13.1. The Kier molecular flexibility index (Phi) is 7.27. The summed E-state index contributed by atoms with van der Waals surface area (Å²) in [7, 11) is 4.56. The number of fused-ring (bicyclic) bond motifs is 3. The van der Waals surface area contributed by atoms with Crippen molar-refractivity contribution in [2.24, 2.45) is 17.8 Å². The van der Waals surface area contributed by atoms with Gasteiger partial charge in [0.1, 0.15) is 5.60 Å². The molecule has 1 fully saturated rings. The third-order valence-electron chi connectivity index (χ3n) is 8.33. The average Bonchev–Trinajstić information content (AvgIpc) is 3.57. The van der Waals surface area contributed by atoms with Gasteiger partial charge in [0, 0.05) is 18.3 Å². The van der Waals surface area contributed by atoms with Crippen LogP contribution in [0.15, 0.2) is 24.3 Å². The van der Waals surface area contributed by atoms with Crippen LogP contribution in [0.25, 0.3) is 0 Å². The molecule has 2 aromatic carbocycles. The Balaban J connectivity index is 1.77. The van der Waals surface area contributed by atoms with Crippen LogP contribution in [0.5, 0.6) is 28.7 Å². The maximum atomic E-state index is 13.4. The number of hydrogen-bond donors (Lipinski definition) is 2. The van der Waals surface area contributed by atoms with Gasteiger partial charge in [-0.15, -0.1) is 12.3 Å². The molecule has 0 radical (unpaired) electrons. The second-order valence-electron chi connectivity index (χ2n) is 10.2. The lowest BCUT2D eigenvalue weighted by molar-refractivity contribution is -0.159. The molecule has 0 spiro atoms. The Morgan fingerprint density at radius 2 is 1.74 bits per heavy atom. The summed E-state index contributed by atoms with van der Waals surface area (Å²) in [6.07, 6.45) is 6.05. The van der Waals surface area contributed by atoms with Gasteiger partial charge in [-0.05, 0) is 53.3 Å². The first-order chi connectivity index (χ1) is 18.8. The van der Waals surface area contributed by atoms with E-state index in [-0.39, 0.29) is 19.8 Å². The molecule has 39 heavy (non-hydrogen) atoms. The van der Waals surface area contributed by atoms with E-state index in [0.717, 1.165) is 6.42 Å². The molecule has 9 nitrogen and oxygen atoms in total. The molecule has 0 saturated carbocycles. The maximum absolute atomic E-state index is 13.4. The third-order valence-corrected chi connectivity index (χ3v) is 8.33. The van der Waals surface area contributed by atoms with Crippen molar-refractivity contribution in [2.75, 3.05) is 34.7 Å². The maximum Gasteiger partial charge on any atom is 0.310 e. The molecule has 208 valence electrons. The molecule has 1 saturated heterocycles. The van der Waals surface area contributed by atoms with E-state index in [1.807, 2.05) is 6.92 Å².